The number of hydrogen-bond donors (Lipinski definition) is 1. The van der Waals surface area contributed by atoms with Gasteiger partial charge in [0.05, 0.1) is 7.11 Å². The third kappa shape index (κ3) is 4.73. The Bertz CT molecular complexity index is 902. The molecule has 0 aromatic heterocycles. The van der Waals surface area contributed by atoms with Crippen molar-refractivity contribution in [3.05, 3.63) is 60.2 Å². The molecule has 2 aliphatic rings. The lowest BCUT2D eigenvalue weighted by atomic mass is 9.90. The first-order chi connectivity index (χ1) is 14.6. The standard InChI is InChI=1S/C25H30N2O2S/c1-29-23-8-4-3-6-19(23)7-5-15-27-16-13-25(14-17-27)18-22(25)24(28)26-20-9-11-21(30-2)12-10-20/h3-12,22H,13-18H2,1-2H3,(H,26,28)/b7-5+. The van der Waals surface area contributed by atoms with E-state index in [1.165, 1.54) is 4.90 Å². The number of carbonyl (C=O) groups is 1. The Hall–Kier alpha value is -2.24. The molecule has 5 heteroatoms. The number of thioether (sulfide) groups is 1. The first-order valence-corrected chi connectivity index (χ1v) is 11.8. The van der Waals surface area contributed by atoms with Crippen LogP contribution < -0.4 is 10.1 Å². The van der Waals surface area contributed by atoms with Crippen molar-refractivity contribution in [2.75, 3.05) is 38.3 Å². The van der Waals surface area contributed by atoms with Crippen molar-refractivity contribution in [1.82, 2.24) is 4.90 Å². The summed E-state index contributed by atoms with van der Waals surface area (Å²) in [6.45, 7) is 3.05. The number of carbonyl (C=O) groups excluding carboxylic acids is 1. The molecule has 1 N–H and O–H groups in total. The molecule has 4 rings (SSSR count). The van der Waals surface area contributed by atoms with Gasteiger partial charge in [0.2, 0.25) is 5.91 Å². The first-order valence-electron chi connectivity index (χ1n) is 10.6. The fourth-order valence-electron chi connectivity index (χ4n) is 4.49. The topological polar surface area (TPSA) is 41.6 Å². The predicted molar refractivity (Wildman–Crippen MR) is 125 cm³/mol. The number of benzene rings is 2. The maximum absolute atomic E-state index is 12.7. The molecule has 1 atom stereocenters. The summed E-state index contributed by atoms with van der Waals surface area (Å²) in [5.41, 5.74) is 2.24. The van der Waals surface area contributed by atoms with Gasteiger partial charge in [0, 0.05) is 28.6 Å². The third-order valence-corrected chi connectivity index (χ3v) is 7.26. The number of para-hydroxylation sites is 1. The lowest BCUT2D eigenvalue weighted by Gasteiger charge is -2.32. The van der Waals surface area contributed by atoms with Gasteiger partial charge in [-0.15, -0.1) is 11.8 Å². The van der Waals surface area contributed by atoms with E-state index in [0.29, 0.717) is 0 Å². The molecule has 1 aliphatic carbocycles. The average molecular weight is 423 g/mol. The van der Waals surface area contributed by atoms with Crippen LogP contribution in [0.2, 0.25) is 0 Å². The molecule has 1 saturated heterocycles. The van der Waals surface area contributed by atoms with Crippen LogP contribution in [0.15, 0.2) is 59.5 Å². The Morgan fingerprint density at radius 3 is 2.63 bits per heavy atom. The summed E-state index contributed by atoms with van der Waals surface area (Å²) in [5, 5.41) is 3.12. The number of rotatable bonds is 7. The highest BCUT2D eigenvalue weighted by atomic mass is 32.2. The Morgan fingerprint density at radius 1 is 1.20 bits per heavy atom. The van der Waals surface area contributed by atoms with Crippen LogP contribution >= 0.6 is 11.8 Å². The molecule has 4 nitrogen and oxygen atoms in total. The van der Waals surface area contributed by atoms with E-state index in [4.69, 9.17) is 4.74 Å². The van der Waals surface area contributed by atoms with Crippen LogP contribution in [0.4, 0.5) is 5.69 Å². The molecule has 1 spiro atoms. The van der Waals surface area contributed by atoms with Gasteiger partial charge in [0.1, 0.15) is 5.75 Å². The zero-order valence-corrected chi connectivity index (χ0v) is 18.6. The van der Waals surface area contributed by atoms with E-state index in [1.807, 2.05) is 30.3 Å². The van der Waals surface area contributed by atoms with E-state index in [2.05, 4.69) is 46.8 Å². The maximum atomic E-state index is 12.7. The predicted octanol–water partition coefficient (Wildman–Crippen LogP) is 5.17. The first kappa shape index (κ1) is 21.0. The van der Waals surface area contributed by atoms with Crippen molar-refractivity contribution < 1.29 is 9.53 Å². The van der Waals surface area contributed by atoms with Gasteiger partial charge in [-0.1, -0.05) is 30.4 Å². The molecule has 1 amide bonds. The monoisotopic (exact) mass is 422 g/mol. The van der Waals surface area contributed by atoms with Crippen LogP contribution in [-0.4, -0.2) is 43.8 Å². The minimum Gasteiger partial charge on any atom is -0.496 e. The van der Waals surface area contributed by atoms with Gasteiger partial charge in [0.25, 0.3) is 0 Å². The van der Waals surface area contributed by atoms with Crippen LogP contribution in [-0.2, 0) is 4.79 Å². The number of hydrogen-bond acceptors (Lipinski definition) is 4. The fraction of sp³-hybridized carbons (Fsp3) is 0.400. The number of methoxy groups -OCH3 is 1. The molecular weight excluding hydrogens is 392 g/mol. The smallest absolute Gasteiger partial charge is 0.228 e. The van der Waals surface area contributed by atoms with Crippen molar-refractivity contribution >= 4 is 29.4 Å². The van der Waals surface area contributed by atoms with E-state index in [1.54, 1.807) is 18.9 Å². The summed E-state index contributed by atoms with van der Waals surface area (Å²) in [5.74, 6) is 1.27. The number of nitrogens with zero attached hydrogens (tertiary/aromatic N) is 1. The maximum Gasteiger partial charge on any atom is 0.228 e. The molecule has 1 aliphatic heterocycles. The van der Waals surface area contributed by atoms with Crippen molar-refractivity contribution in [3.8, 4) is 5.75 Å². The highest BCUT2D eigenvalue weighted by molar-refractivity contribution is 7.98. The Balaban J connectivity index is 1.24. The number of likely N-dealkylation sites (tertiary alicyclic amines) is 1. The molecule has 2 aromatic rings. The molecule has 2 aromatic carbocycles. The van der Waals surface area contributed by atoms with E-state index in [9.17, 15) is 4.79 Å². The van der Waals surface area contributed by atoms with E-state index < -0.39 is 0 Å². The SMILES string of the molecule is COc1ccccc1/C=C/CN1CCC2(CC1)CC2C(=O)Nc1ccc(SC)cc1. The highest BCUT2D eigenvalue weighted by Gasteiger charge is 2.58. The molecule has 1 saturated carbocycles. The Kier molecular flexibility index (Phi) is 6.49. The van der Waals surface area contributed by atoms with Gasteiger partial charge >= 0.3 is 0 Å². The van der Waals surface area contributed by atoms with Gasteiger partial charge in [-0.2, -0.15) is 0 Å². The normalized spacial score (nSPS) is 20.4. The molecule has 30 heavy (non-hydrogen) atoms. The zero-order chi connectivity index (χ0) is 21.0. The summed E-state index contributed by atoms with van der Waals surface area (Å²) in [6, 6.07) is 16.2. The molecular formula is C25H30N2O2S. The molecule has 0 bridgehead atoms. The number of nitrogens with one attached hydrogen (secondary N) is 1. The summed E-state index contributed by atoms with van der Waals surface area (Å²) < 4.78 is 5.41. The van der Waals surface area contributed by atoms with E-state index in [-0.39, 0.29) is 17.2 Å². The number of ether oxygens (including phenoxy) is 1. The zero-order valence-electron chi connectivity index (χ0n) is 17.8. The van der Waals surface area contributed by atoms with E-state index >= 15 is 0 Å². The van der Waals surface area contributed by atoms with Gasteiger partial charge < -0.3 is 10.1 Å². The quantitative estimate of drug-likeness (QED) is 0.625. The lowest BCUT2D eigenvalue weighted by molar-refractivity contribution is -0.118. The van der Waals surface area contributed by atoms with Crippen molar-refractivity contribution in [2.24, 2.45) is 11.3 Å². The van der Waals surface area contributed by atoms with E-state index in [0.717, 1.165) is 55.9 Å². The number of piperidine rings is 1. The number of anilines is 1. The second-order valence-electron chi connectivity index (χ2n) is 8.28. The van der Waals surface area contributed by atoms with Crippen LogP contribution in [0.3, 0.4) is 0 Å². The van der Waals surface area contributed by atoms with Gasteiger partial charge in [0.15, 0.2) is 0 Å². The fourth-order valence-corrected chi connectivity index (χ4v) is 4.90. The molecule has 1 unspecified atom stereocenters. The van der Waals surface area contributed by atoms with Crippen LogP contribution in [0.1, 0.15) is 24.8 Å². The van der Waals surface area contributed by atoms with Crippen LogP contribution in [0, 0.1) is 11.3 Å². The summed E-state index contributed by atoms with van der Waals surface area (Å²) in [7, 11) is 1.71. The minimum absolute atomic E-state index is 0.170. The lowest BCUT2D eigenvalue weighted by Crippen LogP contribution is -2.36. The van der Waals surface area contributed by atoms with Crippen molar-refractivity contribution in [3.63, 3.8) is 0 Å². The van der Waals surface area contributed by atoms with Gasteiger partial charge in [-0.3, -0.25) is 9.69 Å². The van der Waals surface area contributed by atoms with Crippen molar-refractivity contribution in [1.29, 1.82) is 0 Å². The summed E-state index contributed by atoms with van der Waals surface area (Å²) in [4.78, 5) is 16.4. The second-order valence-corrected chi connectivity index (χ2v) is 9.16. The van der Waals surface area contributed by atoms with Gasteiger partial charge in [-0.25, -0.2) is 0 Å². The Morgan fingerprint density at radius 2 is 1.93 bits per heavy atom. The molecule has 0 radical (unpaired) electrons. The van der Waals surface area contributed by atoms with Crippen molar-refractivity contribution in [2.45, 2.75) is 24.2 Å². The largest absolute Gasteiger partial charge is 0.496 e. The molecule has 158 valence electrons. The van der Waals surface area contributed by atoms with Gasteiger partial charge in [-0.05, 0) is 74.4 Å². The highest BCUT2D eigenvalue weighted by Crippen LogP contribution is 2.59. The molecule has 2 fully saturated rings. The Labute approximate surface area is 183 Å². The van der Waals surface area contributed by atoms with Crippen LogP contribution in [0.25, 0.3) is 6.08 Å². The summed E-state index contributed by atoms with van der Waals surface area (Å²) in [6.07, 6.45) is 9.66. The molecule has 1 heterocycles. The average Bonchev–Trinajstić information content (AvgIpc) is 3.49. The minimum atomic E-state index is 0.170. The van der Waals surface area contributed by atoms with Crippen LogP contribution in [0.5, 0.6) is 5.75 Å². The second kappa shape index (κ2) is 9.27. The number of amides is 1. The third-order valence-electron chi connectivity index (χ3n) is 6.52. The summed E-state index contributed by atoms with van der Waals surface area (Å²) >= 11 is 1.71.